The number of hydrogen-bond donors (Lipinski definition) is 2. The van der Waals surface area contributed by atoms with Crippen LogP contribution >= 0.6 is 11.3 Å². The molecule has 0 atom stereocenters. The van der Waals surface area contributed by atoms with Gasteiger partial charge in [-0.2, -0.15) is 0 Å². The summed E-state index contributed by atoms with van der Waals surface area (Å²) >= 11 is 1.35. The average molecular weight is 373 g/mol. The van der Waals surface area contributed by atoms with Gasteiger partial charge in [-0.25, -0.2) is 4.98 Å². The van der Waals surface area contributed by atoms with Crippen molar-refractivity contribution in [3.63, 3.8) is 0 Å². The van der Waals surface area contributed by atoms with E-state index in [0.717, 1.165) is 15.8 Å². The summed E-state index contributed by atoms with van der Waals surface area (Å²) in [7, 11) is 4.65. The molecule has 0 bridgehead atoms. The van der Waals surface area contributed by atoms with Crippen LogP contribution in [0.5, 0.6) is 17.2 Å². The number of fused-ring (bicyclic) bond motifs is 1. The van der Waals surface area contributed by atoms with Crippen LogP contribution in [0.25, 0.3) is 10.2 Å². The molecule has 26 heavy (non-hydrogen) atoms. The second-order valence-corrected chi connectivity index (χ2v) is 6.51. The summed E-state index contributed by atoms with van der Waals surface area (Å²) in [4.78, 5) is 16.6. The van der Waals surface area contributed by atoms with Crippen LogP contribution in [-0.2, 0) is 6.54 Å². The summed E-state index contributed by atoms with van der Waals surface area (Å²) in [6.45, 7) is 0.318. The van der Waals surface area contributed by atoms with E-state index in [4.69, 9.17) is 19.9 Å². The van der Waals surface area contributed by atoms with Gasteiger partial charge < -0.3 is 25.3 Å². The molecule has 136 valence electrons. The number of amides is 1. The Hall–Kier alpha value is -3.00. The molecule has 7 nitrogen and oxygen atoms in total. The number of nitrogen functional groups attached to an aromatic ring is 1. The van der Waals surface area contributed by atoms with E-state index in [1.54, 1.807) is 51.7 Å². The highest BCUT2D eigenvalue weighted by molar-refractivity contribution is 7.22. The van der Waals surface area contributed by atoms with Gasteiger partial charge in [0, 0.05) is 12.1 Å². The Morgan fingerprint density at radius 3 is 2.42 bits per heavy atom. The van der Waals surface area contributed by atoms with Gasteiger partial charge in [0.05, 0.1) is 31.5 Å². The lowest BCUT2D eigenvalue weighted by atomic mass is 10.1. The Morgan fingerprint density at radius 1 is 1.12 bits per heavy atom. The highest BCUT2D eigenvalue weighted by Crippen LogP contribution is 2.38. The topological polar surface area (TPSA) is 95.7 Å². The minimum atomic E-state index is -0.187. The van der Waals surface area contributed by atoms with Crippen molar-refractivity contribution in [2.24, 2.45) is 0 Å². The largest absolute Gasteiger partial charge is 0.493 e. The van der Waals surface area contributed by atoms with Gasteiger partial charge in [0.15, 0.2) is 16.6 Å². The molecule has 3 rings (SSSR count). The van der Waals surface area contributed by atoms with Crippen molar-refractivity contribution in [3.8, 4) is 17.2 Å². The Bertz CT molecular complexity index is 930. The van der Waals surface area contributed by atoms with Crippen molar-refractivity contribution in [1.29, 1.82) is 0 Å². The lowest BCUT2D eigenvalue weighted by Crippen LogP contribution is -2.22. The van der Waals surface area contributed by atoms with E-state index in [9.17, 15) is 4.79 Å². The van der Waals surface area contributed by atoms with Crippen molar-refractivity contribution in [2.45, 2.75) is 6.54 Å². The van der Waals surface area contributed by atoms with Crippen molar-refractivity contribution < 1.29 is 19.0 Å². The zero-order valence-electron chi connectivity index (χ0n) is 14.7. The maximum atomic E-state index is 12.5. The minimum absolute atomic E-state index is 0.187. The molecule has 1 aromatic heterocycles. The van der Waals surface area contributed by atoms with Crippen LogP contribution in [0.4, 0.5) is 5.13 Å². The van der Waals surface area contributed by atoms with Gasteiger partial charge >= 0.3 is 0 Å². The third-order valence-electron chi connectivity index (χ3n) is 3.84. The molecular weight excluding hydrogens is 354 g/mol. The molecule has 1 amide bonds. The van der Waals surface area contributed by atoms with E-state index in [2.05, 4.69) is 10.3 Å². The predicted molar refractivity (Wildman–Crippen MR) is 101 cm³/mol. The number of carbonyl (C=O) groups is 1. The van der Waals surface area contributed by atoms with Crippen LogP contribution < -0.4 is 25.3 Å². The summed E-state index contributed by atoms with van der Waals surface area (Å²) in [5, 5.41) is 3.37. The molecule has 0 saturated carbocycles. The maximum Gasteiger partial charge on any atom is 0.251 e. The average Bonchev–Trinajstić information content (AvgIpc) is 3.04. The fourth-order valence-electron chi connectivity index (χ4n) is 2.61. The zero-order valence-corrected chi connectivity index (χ0v) is 15.5. The van der Waals surface area contributed by atoms with E-state index >= 15 is 0 Å². The molecule has 0 aliphatic rings. The van der Waals surface area contributed by atoms with Crippen LogP contribution in [-0.4, -0.2) is 32.2 Å². The zero-order chi connectivity index (χ0) is 18.7. The first-order valence-corrected chi connectivity index (χ1v) is 8.60. The van der Waals surface area contributed by atoms with Crippen molar-refractivity contribution in [2.75, 3.05) is 27.1 Å². The lowest BCUT2D eigenvalue weighted by molar-refractivity contribution is 0.0951. The number of aromatic nitrogens is 1. The molecule has 0 saturated heterocycles. The predicted octanol–water partition coefficient (Wildman–Crippen LogP) is 2.83. The molecule has 1 heterocycles. The summed E-state index contributed by atoms with van der Waals surface area (Å²) in [6, 6.07) is 8.90. The highest BCUT2D eigenvalue weighted by atomic mass is 32.1. The fraction of sp³-hybridized carbons (Fsp3) is 0.222. The number of nitrogens with one attached hydrogen (secondary N) is 1. The molecule has 3 aromatic rings. The molecule has 0 unspecified atom stereocenters. The first kappa shape index (κ1) is 17.8. The third-order valence-corrected chi connectivity index (χ3v) is 4.69. The molecular formula is C18H19N3O4S. The molecule has 0 aliphatic heterocycles. The van der Waals surface area contributed by atoms with E-state index in [1.807, 2.05) is 0 Å². The second-order valence-electron chi connectivity index (χ2n) is 5.45. The van der Waals surface area contributed by atoms with Crippen molar-refractivity contribution >= 4 is 32.6 Å². The first-order valence-electron chi connectivity index (χ1n) is 7.79. The van der Waals surface area contributed by atoms with Gasteiger partial charge in [-0.3, -0.25) is 4.79 Å². The monoisotopic (exact) mass is 373 g/mol. The summed E-state index contributed by atoms with van der Waals surface area (Å²) in [5.41, 5.74) is 7.87. The minimum Gasteiger partial charge on any atom is -0.493 e. The van der Waals surface area contributed by atoms with Gasteiger partial charge in [0.2, 0.25) is 5.75 Å². The third kappa shape index (κ3) is 3.50. The Labute approximate surface area is 154 Å². The standard InChI is InChI=1S/C18H19N3O4S/c1-23-13-6-10(7-14(24-2)16(13)25-3)9-20-17(22)11-4-5-12-15(8-11)26-18(19)21-12/h4-8H,9H2,1-3H3,(H2,19,21)(H,20,22). The second kappa shape index (κ2) is 7.49. The molecule has 0 aliphatic carbocycles. The molecule has 3 N–H and O–H groups in total. The number of ether oxygens (including phenoxy) is 3. The molecule has 0 radical (unpaired) electrons. The number of thiazole rings is 1. The Balaban J connectivity index is 1.77. The van der Waals surface area contributed by atoms with Gasteiger partial charge in [-0.15, -0.1) is 0 Å². The summed E-state index contributed by atoms with van der Waals surface area (Å²) in [5.74, 6) is 1.40. The quantitative estimate of drug-likeness (QED) is 0.690. The van der Waals surface area contributed by atoms with Crippen LogP contribution in [0.2, 0.25) is 0 Å². The van der Waals surface area contributed by atoms with Crippen molar-refractivity contribution in [1.82, 2.24) is 10.3 Å². The van der Waals surface area contributed by atoms with E-state index < -0.39 is 0 Å². The van der Waals surface area contributed by atoms with Crippen LogP contribution in [0.1, 0.15) is 15.9 Å². The van der Waals surface area contributed by atoms with E-state index in [0.29, 0.717) is 34.5 Å². The Kier molecular flexibility index (Phi) is 5.13. The van der Waals surface area contributed by atoms with E-state index in [1.165, 1.54) is 11.3 Å². The number of methoxy groups -OCH3 is 3. The number of nitrogens with zero attached hydrogens (tertiary/aromatic N) is 1. The van der Waals surface area contributed by atoms with Gasteiger partial charge in [-0.1, -0.05) is 11.3 Å². The van der Waals surface area contributed by atoms with Gasteiger partial charge in [0.25, 0.3) is 5.91 Å². The van der Waals surface area contributed by atoms with Crippen LogP contribution in [0, 0.1) is 0 Å². The molecule has 0 fully saturated rings. The number of benzene rings is 2. The highest BCUT2D eigenvalue weighted by Gasteiger charge is 2.14. The number of hydrogen-bond acceptors (Lipinski definition) is 7. The first-order chi connectivity index (χ1) is 12.5. The Morgan fingerprint density at radius 2 is 1.81 bits per heavy atom. The number of rotatable bonds is 6. The normalized spacial score (nSPS) is 10.6. The summed E-state index contributed by atoms with van der Waals surface area (Å²) < 4.78 is 16.8. The van der Waals surface area contributed by atoms with Crippen LogP contribution in [0.3, 0.4) is 0 Å². The van der Waals surface area contributed by atoms with Gasteiger partial charge in [-0.05, 0) is 35.9 Å². The number of anilines is 1. The number of carbonyl (C=O) groups excluding carboxylic acids is 1. The lowest BCUT2D eigenvalue weighted by Gasteiger charge is -2.14. The SMILES string of the molecule is COc1cc(CNC(=O)c2ccc3nc(N)sc3c2)cc(OC)c1OC. The molecule has 8 heteroatoms. The van der Waals surface area contributed by atoms with Crippen molar-refractivity contribution in [3.05, 3.63) is 41.5 Å². The number of nitrogens with two attached hydrogens (primary N) is 1. The van der Waals surface area contributed by atoms with Gasteiger partial charge in [0.1, 0.15) is 0 Å². The molecule has 2 aromatic carbocycles. The maximum absolute atomic E-state index is 12.5. The summed E-state index contributed by atoms with van der Waals surface area (Å²) in [6.07, 6.45) is 0. The smallest absolute Gasteiger partial charge is 0.251 e. The van der Waals surface area contributed by atoms with Crippen LogP contribution in [0.15, 0.2) is 30.3 Å². The fourth-order valence-corrected chi connectivity index (χ4v) is 3.38. The van der Waals surface area contributed by atoms with E-state index in [-0.39, 0.29) is 5.91 Å². The molecule has 0 spiro atoms.